The molecule has 0 saturated carbocycles. The number of anilines is 1. The maximum Gasteiger partial charge on any atom is 0.222 e. The summed E-state index contributed by atoms with van der Waals surface area (Å²) >= 11 is 0. The van der Waals surface area contributed by atoms with E-state index >= 15 is 0 Å². The first-order valence-corrected chi connectivity index (χ1v) is 8.41. The fourth-order valence-corrected chi connectivity index (χ4v) is 2.15. The smallest absolute Gasteiger partial charge is 0.222 e. The van der Waals surface area contributed by atoms with Crippen LogP contribution >= 0.6 is 0 Å². The first kappa shape index (κ1) is 14.4. The van der Waals surface area contributed by atoms with E-state index in [-0.39, 0.29) is 0 Å². The second-order valence-electron chi connectivity index (χ2n) is 4.64. The van der Waals surface area contributed by atoms with Crippen molar-refractivity contribution in [2.75, 3.05) is 24.4 Å². The summed E-state index contributed by atoms with van der Waals surface area (Å²) in [6.45, 7) is 2.51. The number of rotatable bonds is 5. The highest BCUT2D eigenvalue weighted by Crippen LogP contribution is 2.11. The third-order valence-corrected chi connectivity index (χ3v) is 2.95. The predicted octanol–water partition coefficient (Wildman–Crippen LogP) is 1.79. The van der Waals surface area contributed by atoms with Crippen molar-refractivity contribution in [1.82, 2.24) is 15.1 Å². The van der Waals surface area contributed by atoms with Crippen LogP contribution in [-0.4, -0.2) is 38.4 Å². The number of nitrogens with zero attached hydrogens (tertiary/aromatic N) is 4. The van der Waals surface area contributed by atoms with Crippen molar-refractivity contribution in [2.45, 2.75) is 13.3 Å². The molecule has 0 aliphatic rings. The molecule has 0 atom stereocenters. The van der Waals surface area contributed by atoms with Crippen LogP contribution in [0.4, 0.5) is 11.6 Å². The second-order valence-corrected chi connectivity index (χ2v) is 7.19. The van der Waals surface area contributed by atoms with Gasteiger partial charge in [0, 0.05) is 41.3 Å². The summed E-state index contributed by atoms with van der Waals surface area (Å²) in [6.07, 6.45) is 6.95. The van der Waals surface area contributed by atoms with Gasteiger partial charge in [0.15, 0.2) is 0 Å². The first-order chi connectivity index (χ1) is 9.42. The maximum absolute atomic E-state index is 11.5. The van der Waals surface area contributed by atoms with Gasteiger partial charge in [0.2, 0.25) is 5.95 Å². The number of aromatic nitrogens is 3. The SMILES string of the molecule is Cc1cc(CCNc2ncc(N=S(C)(C)=O)cn2)no1. The number of aryl methyl sites for hydroxylation is 1. The summed E-state index contributed by atoms with van der Waals surface area (Å²) in [6, 6.07) is 1.89. The van der Waals surface area contributed by atoms with Crippen LogP contribution in [0.25, 0.3) is 0 Å². The Kier molecular flexibility index (Phi) is 4.33. The van der Waals surface area contributed by atoms with Crippen molar-refractivity contribution in [2.24, 2.45) is 4.36 Å². The van der Waals surface area contributed by atoms with Crippen molar-refractivity contribution in [1.29, 1.82) is 0 Å². The van der Waals surface area contributed by atoms with E-state index in [1.807, 2.05) is 13.0 Å². The lowest BCUT2D eigenvalue weighted by atomic mass is 10.3. The molecule has 0 radical (unpaired) electrons. The van der Waals surface area contributed by atoms with Crippen molar-refractivity contribution >= 4 is 21.4 Å². The lowest BCUT2D eigenvalue weighted by Gasteiger charge is -2.03. The first-order valence-electron chi connectivity index (χ1n) is 6.08. The molecule has 0 fully saturated rings. The summed E-state index contributed by atoms with van der Waals surface area (Å²) in [5.41, 5.74) is 1.40. The van der Waals surface area contributed by atoms with E-state index in [0.29, 0.717) is 18.2 Å². The molecule has 0 amide bonds. The van der Waals surface area contributed by atoms with Gasteiger partial charge in [-0.25, -0.2) is 14.2 Å². The zero-order valence-electron chi connectivity index (χ0n) is 11.7. The van der Waals surface area contributed by atoms with Gasteiger partial charge in [0.1, 0.15) is 11.4 Å². The number of hydrogen-bond acceptors (Lipinski definition) is 7. The standard InChI is InChI=1S/C12H17N5O2S/c1-9-6-10(16-19-9)4-5-13-12-14-7-11(8-15-12)17-20(2,3)18/h6-8H,4-5H2,1-3H3,(H,13,14,15). The van der Waals surface area contributed by atoms with Gasteiger partial charge in [-0.2, -0.15) is 4.36 Å². The molecule has 2 aromatic heterocycles. The molecule has 8 heteroatoms. The van der Waals surface area contributed by atoms with Gasteiger partial charge in [0.05, 0.1) is 18.1 Å². The fraction of sp³-hybridized carbons (Fsp3) is 0.417. The van der Waals surface area contributed by atoms with Crippen LogP contribution in [0.15, 0.2) is 27.3 Å². The third-order valence-electron chi connectivity index (χ3n) is 2.30. The molecule has 0 aliphatic heterocycles. The Morgan fingerprint density at radius 2 is 2.05 bits per heavy atom. The summed E-state index contributed by atoms with van der Waals surface area (Å²) in [5.74, 6) is 1.30. The zero-order valence-corrected chi connectivity index (χ0v) is 12.5. The highest BCUT2D eigenvalue weighted by atomic mass is 32.2. The van der Waals surface area contributed by atoms with Gasteiger partial charge in [-0.3, -0.25) is 0 Å². The molecule has 0 bridgehead atoms. The van der Waals surface area contributed by atoms with Gasteiger partial charge in [-0.1, -0.05) is 5.16 Å². The Morgan fingerprint density at radius 3 is 2.60 bits per heavy atom. The molecule has 0 saturated heterocycles. The molecule has 2 aromatic rings. The number of nitrogens with one attached hydrogen (secondary N) is 1. The van der Waals surface area contributed by atoms with E-state index in [4.69, 9.17) is 4.52 Å². The minimum atomic E-state index is -2.18. The zero-order chi connectivity index (χ0) is 14.6. The lowest BCUT2D eigenvalue weighted by molar-refractivity contribution is 0.391. The molecule has 7 nitrogen and oxygen atoms in total. The van der Waals surface area contributed by atoms with E-state index in [9.17, 15) is 4.21 Å². The average molecular weight is 295 g/mol. The van der Waals surface area contributed by atoms with E-state index in [0.717, 1.165) is 17.9 Å². The monoisotopic (exact) mass is 295 g/mol. The van der Waals surface area contributed by atoms with E-state index in [1.54, 1.807) is 24.9 Å². The van der Waals surface area contributed by atoms with E-state index in [1.165, 1.54) is 0 Å². The summed E-state index contributed by atoms with van der Waals surface area (Å²) in [5, 5.41) is 6.97. The van der Waals surface area contributed by atoms with E-state index in [2.05, 4.69) is 24.8 Å². The molecular formula is C12H17N5O2S. The van der Waals surface area contributed by atoms with Crippen LogP contribution in [0.1, 0.15) is 11.5 Å². The van der Waals surface area contributed by atoms with Gasteiger partial charge < -0.3 is 9.84 Å². The van der Waals surface area contributed by atoms with Crippen molar-refractivity contribution in [3.8, 4) is 0 Å². The number of hydrogen-bond donors (Lipinski definition) is 1. The average Bonchev–Trinajstić information content (AvgIpc) is 2.75. The van der Waals surface area contributed by atoms with Gasteiger partial charge in [0.25, 0.3) is 0 Å². The highest BCUT2D eigenvalue weighted by molar-refractivity contribution is 7.92. The summed E-state index contributed by atoms with van der Waals surface area (Å²) in [4.78, 5) is 8.23. The molecule has 20 heavy (non-hydrogen) atoms. The quantitative estimate of drug-likeness (QED) is 0.903. The van der Waals surface area contributed by atoms with Crippen LogP contribution in [-0.2, 0) is 16.1 Å². The lowest BCUT2D eigenvalue weighted by Crippen LogP contribution is -2.07. The highest BCUT2D eigenvalue weighted by Gasteiger charge is 2.01. The molecule has 2 heterocycles. The Balaban J connectivity index is 1.89. The third kappa shape index (κ3) is 4.61. The Labute approximate surface area is 118 Å². The van der Waals surface area contributed by atoms with Gasteiger partial charge in [-0.05, 0) is 6.92 Å². The molecular weight excluding hydrogens is 278 g/mol. The molecule has 0 aromatic carbocycles. The van der Waals surface area contributed by atoms with Gasteiger partial charge in [-0.15, -0.1) is 0 Å². The van der Waals surface area contributed by atoms with Crippen LogP contribution in [0, 0.1) is 6.92 Å². The van der Waals surface area contributed by atoms with E-state index < -0.39 is 9.73 Å². The fourth-order valence-electron chi connectivity index (χ4n) is 1.55. The molecule has 1 N–H and O–H groups in total. The molecule has 108 valence electrons. The van der Waals surface area contributed by atoms with Crippen LogP contribution in [0.3, 0.4) is 0 Å². The minimum absolute atomic E-state index is 0.503. The minimum Gasteiger partial charge on any atom is -0.361 e. The van der Waals surface area contributed by atoms with Crippen LogP contribution in [0.2, 0.25) is 0 Å². The largest absolute Gasteiger partial charge is 0.361 e. The van der Waals surface area contributed by atoms with Crippen molar-refractivity contribution in [3.63, 3.8) is 0 Å². The molecule has 0 aliphatic carbocycles. The van der Waals surface area contributed by atoms with Gasteiger partial charge >= 0.3 is 0 Å². The normalized spacial score (nSPS) is 11.3. The van der Waals surface area contributed by atoms with Crippen LogP contribution < -0.4 is 5.32 Å². The molecule has 2 rings (SSSR count). The summed E-state index contributed by atoms with van der Waals surface area (Å²) < 4.78 is 20.5. The molecule has 0 unspecified atom stereocenters. The topological polar surface area (TPSA) is 93.3 Å². The maximum atomic E-state index is 11.5. The Hall–Kier alpha value is -1.96. The van der Waals surface area contributed by atoms with Crippen molar-refractivity contribution < 1.29 is 8.73 Å². The molecule has 0 spiro atoms. The second kappa shape index (κ2) is 6.00. The van der Waals surface area contributed by atoms with Crippen LogP contribution in [0.5, 0.6) is 0 Å². The Morgan fingerprint density at radius 1 is 1.35 bits per heavy atom. The summed E-state index contributed by atoms with van der Waals surface area (Å²) in [7, 11) is -2.18. The Bertz CT molecular complexity index is 678. The predicted molar refractivity (Wildman–Crippen MR) is 77.5 cm³/mol. The van der Waals surface area contributed by atoms with Crippen molar-refractivity contribution in [3.05, 3.63) is 29.9 Å².